The average molecular weight is 259 g/mol. The molecule has 2 rings (SSSR count). The van der Waals surface area contributed by atoms with Crippen LogP contribution < -0.4 is 0 Å². The van der Waals surface area contributed by atoms with E-state index in [0.717, 1.165) is 25.7 Å². The second-order valence-corrected chi connectivity index (χ2v) is 5.39. The molecule has 0 spiro atoms. The van der Waals surface area contributed by atoms with Crippen LogP contribution in [0.25, 0.3) is 0 Å². The predicted octanol–water partition coefficient (Wildman–Crippen LogP) is 3.23. The van der Waals surface area contributed by atoms with Gasteiger partial charge in [-0.05, 0) is 26.7 Å². The van der Waals surface area contributed by atoms with E-state index in [4.69, 9.17) is 0 Å². The minimum Gasteiger partial charge on any atom is -0.260 e. The molecule has 0 saturated heterocycles. The van der Waals surface area contributed by atoms with Crippen LogP contribution in [0.1, 0.15) is 42.5 Å². The highest BCUT2D eigenvalue weighted by Crippen LogP contribution is 2.41. The zero-order chi connectivity index (χ0) is 14.0. The van der Waals surface area contributed by atoms with Crippen molar-refractivity contribution in [3.63, 3.8) is 0 Å². The lowest BCUT2D eigenvalue weighted by Crippen LogP contribution is -2.19. The topological polar surface area (TPSA) is 79.8 Å². The van der Waals surface area contributed by atoms with Crippen molar-refractivity contribution >= 4 is 5.69 Å². The van der Waals surface area contributed by atoms with Crippen molar-refractivity contribution in [2.75, 3.05) is 0 Å². The average Bonchev–Trinajstić information content (AvgIpc) is 2.82. The number of nitrogens with zero attached hydrogens (tertiary/aromatic N) is 3. The largest absolute Gasteiger partial charge is 0.278 e. The number of nitro groups is 1. The van der Waals surface area contributed by atoms with Crippen molar-refractivity contribution in [2.24, 2.45) is 5.41 Å². The molecule has 0 bridgehead atoms. The van der Waals surface area contributed by atoms with Crippen LogP contribution in [0.15, 0.2) is 6.20 Å². The molecular weight excluding hydrogens is 242 g/mol. The molecule has 19 heavy (non-hydrogen) atoms. The quantitative estimate of drug-likeness (QED) is 0.616. The molecule has 100 valence electrons. The number of nitriles is 1. The van der Waals surface area contributed by atoms with E-state index in [1.165, 1.54) is 0 Å². The van der Waals surface area contributed by atoms with Gasteiger partial charge in [-0.25, -0.2) is 0 Å². The lowest BCUT2D eigenvalue weighted by molar-refractivity contribution is -0.386. The summed E-state index contributed by atoms with van der Waals surface area (Å²) in [6, 6.07) is 2.41. The first-order valence-corrected chi connectivity index (χ1v) is 6.50. The maximum Gasteiger partial charge on any atom is 0.278 e. The van der Waals surface area contributed by atoms with E-state index in [-0.39, 0.29) is 16.0 Å². The molecule has 1 aromatic heterocycles. The van der Waals surface area contributed by atoms with E-state index in [2.05, 4.69) is 11.1 Å². The Labute approximate surface area is 112 Å². The minimum atomic E-state index is -0.374. The molecule has 0 N–H and O–H groups in total. The smallest absolute Gasteiger partial charge is 0.260 e. The molecule has 0 unspecified atom stereocenters. The first-order valence-electron chi connectivity index (χ1n) is 6.50. The Morgan fingerprint density at radius 3 is 2.63 bits per heavy atom. The SMILES string of the molecule is Cc1cnc(CC2(C#N)CCCC2)c(C)c1[N+](=O)[O-]. The van der Waals surface area contributed by atoms with Gasteiger partial charge >= 0.3 is 0 Å². The number of pyridine rings is 1. The van der Waals surface area contributed by atoms with E-state index in [1.807, 2.05) is 0 Å². The summed E-state index contributed by atoms with van der Waals surface area (Å²) in [5.74, 6) is 0. The highest BCUT2D eigenvalue weighted by molar-refractivity contribution is 5.47. The van der Waals surface area contributed by atoms with Gasteiger partial charge in [0.1, 0.15) is 0 Å². The van der Waals surface area contributed by atoms with Gasteiger partial charge < -0.3 is 0 Å². The van der Waals surface area contributed by atoms with E-state index in [0.29, 0.717) is 23.2 Å². The zero-order valence-electron chi connectivity index (χ0n) is 11.3. The highest BCUT2D eigenvalue weighted by atomic mass is 16.6. The van der Waals surface area contributed by atoms with Crippen molar-refractivity contribution in [1.29, 1.82) is 5.26 Å². The molecule has 5 heteroatoms. The Bertz CT molecular complexity index is 555. The van der Waals surface area contributed by atoms with Gasteiger partial charge in [-0.2, -0.15) is 5.26 Å². The van der Waals surface area contributed by atoms with Gasteiger partial charge in [0.05, 0.1) is 22.1 Å². The monoisotopic (exact) mass is 259 g/mol. The van der Waals surface area contributed by atoms with Crippen molar-refractivity contribution in [1.82, 2.24) is 4.98 Å². The highest BCUT2D eigenvalue weighted by Gasteiger charge is 2.35. The number of rotatable bonds is 3. The summed E-state index contributed by atoms with van der Waals surface area (Å²) < 4.78 is 0. The molecule has 0 atom stereocenters. The number of aryl methyl sites for hydroxylation is 1. The molecule has 1 aliphatic rings. The summed E-state index contributed by atoms with van der Waals surface area (Å²) in [7, 11) is 0. The van der Waals surface area contributed by atoms with Crippen molar-refractivity contribution in [2.45, 2.75) is 46.0 Å². The van der Waals surface area contributed by atoms with Crippen LogP contribution in [0.5, 0.6) is 0 Å². The third-order valence-electron chi connectivity index (χ3n) is 4.06. The molecule has 1 heterocycles. The van der Waals surface area contributed by atoms with Crippen LogP contribution in [0.4, 0.5) is 5.69 Å². The standard InChI is InChI=1S/C14H17N3O2/c1-10-8-16-12(11(2)13(10)17(18)19)7-14(9-15)5-3-4-6-14/h8H,3-7H2,1-2H3. The number of hydrogen-bond acceptors (Lipinski definition) is 4. The summed E-state index contributed by atoms with van der Waals surface area (Å²) in [5.41, 5.74) is 1.63. The minimum absolute atomic E-state index is 0.135. The number of hydrogen-bond donors (Lipinski definition) is 0. The Morgan fingerprint density at radius 2 is 2.11 bits per heavy atom. The lowest BCUT2D eigenvalue weighted by Gasteiger charge is -2.20. The molecule has 0 aliphatic heterocycles. The zero-order valence-corrected chi connectivity index (χ0v) is 11.3. The second-order valence-electron chi connectivity index (χ2n) is 5.39. The molecule has 1 fully saturated rings. The first kappa shape index (κ1) is 13.5. The van der Waals surface area contributed by atoms with Crippen molar-refractivity contribution in [3.05, 3.63) is 33.1 Å². The Hall–Kier alpha value is -1.96. The molecular formula is C14H17N3O2. The molecule has 0 radical (unpaired) electrons. The maximum atomic E-state index is 11.1. The third-order valence-corrected chi connectivity index (χ3v) is 4.06. The summed E-state index contributed by atoms with van der Waals surface area (Å²) in [5, 5.41) is 20.5. The fourth-order valence-corrected chi connectivity index (χ4v) is 2.92. The Balaban J connectivity index is 2.39. The number of aromatic nitrogens is 1. The molecule has 1 aromatic rings. The maximum absolute atomic E-state index is 11.1. The third kappa shape index (κ3) is 2.43. The molecule has 5 nitrogen and oxygen atoms in total. The molecule has 0 aromatic carbocycles. The molecule has 0 amide bonds. The van der Waals surface area contributed by atoms with E-state index < -0.39 is 0 Å². The summed E-state index contributed by atoms with van der Waals surface area (Å²) in [6.07, 6.45) is 5.91. The van der Waals surface area contributed by atoms with Gasteiger partial charge in [0, 0.05) is 23.7 Å². The van der Waals surface area contributed by atoms with E-state index >= 15 is 0 Å². The van der Waals surface area contributed by atoms with Gasteiger partial charge in [-0.15, -0.1) is 0 Å². The predicted molar refractivity (Wildman–Crippen MR) is 70.6 cm³/mol. The van der Waals surface area contributed by atoms with E-state index in [9.17, 15) is 15.4 Å². The van der Waals surface area contributed by atoms with Gasteiger partial charge in [-0.3, -0.25) is 15.1 Å². The second kappa shape index (κ2) is 4.96. The molecule has 1 saturated carbocycles. The van der Waals surface area contributed by atoms with E-state index in [1.54, 1.807) is 20.0 Å². The molecule has 1 aliphatic carbocycles. The van der Waals surface area contributed by atoms with Gasteiger partial charge in [0.2, 0.25) is 0 Å². The van der Waals surface area contributed by atoms with Crippen LogP contribution in [0.2, 0.25) is 0 Å². The first-order chi connectivity index (χ1) is 8.99. The summed E-state index contributed by atoms with van der Waals surface area (Å²) in [4.78, 5) is 15.1. The lowest BCUT2D eigenvalue weighted by atomic mass is 9.82. The Morgan fingerprint density at radius 1 is 1.47 bits per heavy atom. The van der Waals surface area contributed by atoms with Crippen molar-refractivity contribution < 1.29 is 4.92 Å². The van der Waals surface area contributed by atoms with Gasteiger partial charge in [0.25, 0.3) is 5.69 Å². The van der Waals surface area contributed by atoms with Crippen LogP contribution in [-0.4, -0.2) is 9.91 Å². The van der Waals surface area contributed by atoms with Crippen LogP contribution >= 0.6 is 0 Å². The Kier molecular flexibility index (Phi) is 3.52. The van der Waals surface area contributed by atoms with Crippen LogP contribution in [-0.2, 0) is 6.42 Å². The van der Waals surface area contributed by atoms with Crippen molar-refractivity contribution in [3.8, 4) is 6.07 Å². The normalized spacial score (nSPS) is 17.1. The van der Waals surface area contributed by atoms with Gasteiger partial charge in [-0.1, -0.05) is 12.8 Å². The fourth-order valence-electron chi connectivity index (χ4n) is 2.92. The summed E-state index contributed by atoms with van der Waals surface area (Å²) >= 11 is 0. The van der Waals surface area contributed by atoms with Crippen LogP contribution in [0, 0.1) is 40.7 Å². The summed E-state index contributed by atoms with van der Waals surface area (Å²) in [6.45, 7) is 3.42. The van der Waals surface area contributed by atoms with Crippen LogP contribution in [0.3, 0.4) is 0 Å². The fraction of sp³-hybridized carbons (Fsp3) is 0.571. The van der Waals surface area contributed by atoms with Gasteiger partial charge in [0.15, 0.2) is 0 Å².